The van der Waals surface area contributed by atoms with E-state index in [1.807, 2.05) is 37.2 Å². The number of hydrogen-bond donors (Lipinski definition) is 2. The van der Waals surface area contributed by atoms with Crippen molar-refractivity contribution in [2.75, 3.05) is 24.3 Å². The number of fused-ring (bicyclic) bond motifs is 1. The second-order valence-electron chi connectivity index (χ2n) is 6.69. The van der Waals surface area contributed by atoms with Crippen LogP contribution in [0, 0.1) is 11.6 Å². The van der Waals surface area contributed by atoms with Crippen molar-refractivity contribution in [2.24, 2.45) is 0 Å². The second-order valence-corrected chi connectivity index (χ2v) is 6.69. The zero-order valence-electron chi connectivity index (χ0n) is 15.5. The van der Waals surface area contributed by atoms with Gasteiger partial charge >= 0.3 is 0 Å². The van der Waals surface area contributed by atoms with Gasteiger partial charge in [-0.2, -0.15) is 0 Å². The summed E-state index contributed by atoms with van der Waals surface area (Å²) in [5, 5.41) is 3.31. The predicted octanol–water partition coefficient (Wildman–Crippen LogP) is 4.58. The molecule has 2 N–H and O–H groups in total. The molecule has 0 saturated heterocycles. The first-order valence-electron chi connectivity index (χ1n) is 8.81. The van der Waals surface area contributed by atoms with Crippen molar-refractivity contribution in [3.8, 4) is 11.4 Å². The first-order chi connectivity index (χ1) is 13.5. The summed E-state index contributed by atoms with van der Waals surface area (Å²) < 4.78 is 26.7. The van der Waals surface area contributed by atoms with E-state index in [2.05, 4.69) is 26.3 Å². The fourth-order valence-corrected chi connectivity index (χ4v) is 2.98. The van der Waals surface area contributed by atoms with Gasteiger partial charge in [0.25, 0.3) is 0 Å². The molecule has 0 radical (unpaired) electrons. The van der Waals surface area contributed by atoms with Crippen molar-refractivity contribution >= 4 is 22.5 Å². The molecule has 2 heterocycles. The van der Waals surface area contributed by atoms with Gasteiger partial charge < -0.3 is 15.2 Å². The molecular formula is C21H19F2N5. The molecule has 142 valence electrons. The Morgan fingerprint density at radius 2 is 1.89 bits per heavy atom. The van der Waals surface area contributed by atoms with Crippen LogP contribution in [0.3, 0.4) is 0 Å². The summed E-state index contributed by atoms with van der Waals surface area (Å²) in [6.07, 6.45) is 1.67. The van der Waals surface area contributed by atoms with E-state index in [-0.39, 0.29) is 0 Å². The lowest BCUT2D eigenvalue weighted by molar-refractivity contribution is 0.509. The molecule has 2 aromatic carbocycles. The summed E-state index contributed by atoms with van der Waals surface area (Å²) in [5.74, 6) is -0.712. The number of rotatable bonds is 5. The van der Waals surface area contributed by atoms with E-state index in [0.29, 0.717) is 29.3 Å². The predicted molar refractivity (Wildman–Crippen MR) is 107 cm³/mol. The Bertz CT molecular complexity index is 1140. The number of pyridine rings is 1. The van der Waals surface area contributed by atoms with Crippen molar-refractivity contribution in [3.63, 3.8) is 0 Å². The highest BCUT2D eigenvalue weighted by atomic mass is 19.2. The van der Waals surface area contributed by atoms with Crippen molar-refractivity contribution in [1.82, 2.24) is 15.0 Å². The van der Waals surface area contributed by atoms with E-state index in [9.17, 15) is 8.78 Å². The highest BCUT2D eigenvalue weighted by molar-refractivity contribution is 5.88. The van der Waals surface area contributed by atoms with Crippen LogP contribution in [-0.4, -0.2) is 29.0 Å². The lowest BCUT2D eigenvalue weighted by atomic mass is 10.2. The Kier molecular flexibility index (Phi) is 4.65. The number of hydrogen-bond acceptors (Lipinski definition) is 4. The minimum Gasteiger partial charge on any atom is -0.378 e. The fraction of sp³-hybridized carbons (Fsp3) is 0.143. The van der Waals surface area contributed by atoms with Crippen molar-refractivity contribution in [3.05, 3.63) is 71.9 Å². The molecule has 5 nitrogen and oxygen atoms in total. The Labute approximate surface area is 161 Å². The Morgan fingerprint density at radius 1 is 1.04 bits per heavy atom. The van der Waals surface area contributed by atoms with Crippen LogP contribution < -0.4 is 10.2 Å². The zero-order valence-corrected chi connectivity index (χ0v) is 15.5. The van der Waals surface area contributed by atoms with Gasteiger partial charge in [0.1, 0.15) is 11.3 Å². The van der Waals surface area contributed by atoms with Crippen LogP contribution in [0.1, 0.15) is 5.56 Å². The molecule has 2 aromatic heterocycles. The van der Waals surface area contributed by atoms with Gasteiger partial charge in [0, 0.05) is 38.1 Å². The van der Waals surface area contributed by atoms with Crippen molar-refractivity contribution in [2.45, 2.75) is 6.54 Å². The van der Waals surface area contributed by atoms with Gasteiger partial charge in [-0.1, -0.05) is 12.1 Å². The Hall–Kier alpha value is -3.48. The zero-order chi connectivity index (χ0) is 19.7. The fourth-order valence-electron chi connectivity index (χ4n) is 2.98. The normalized spacial score (nSPS) is 11.0. The maximum Gasteiger partial charge on any atom is 0.159 e. The van der Waals surface area contributed by atoms with Crippen LogP contribution in [-0.2, 0) is 6.54 Å². The third kappa shape index (κ3) is 3.51. The van der Waals surface area contributed by atoms with E-state index in [4.69, 9.17) is 0 Å². The number of aromatic amines is 1. The van der Waals surface area contributed by atoms with Crippen LogP contribution in [0.25, 0.3) is 22.4 Å². The number of H-pyrrole nitrogens is 1. The third-order valence-corrected chi connectivity index (χ3v) is 4.48. The molecule has 28 heavy (non-hydrogen) atoms. The first-order valence-corrected chi connectivity index (χ1v) is 8.81. The molecular weight excluding hydrogens is 360 g/mol. The number of halogens is 2. The molecule has 0 aliphatic heterocycles. The van der Waals surface area contributed by atoms with Gasteiger partial charge in [0.15, 0.2) is 17.5 Å². The minimum atomic E-state index is -0.907. The molecule has 0 fully saturated rings. The minimum absolute atomic E-state index is 0.458. The molecule has 4 aromatic rings. The summed E-state index contributed by atoms with van der Waals surface area (Å²) in [5.41, 5.74) is 4.11. The Balaban J connectivity index is 1.62. The lowest BCUT2D eigenvalue weighted by Gasteiger charge is -2.14. The van der Waals surface area contributed by atoms with E-state index >= 15 is 0 Å². The summed E-state index contributed by atoms with van der Waals surface area (Å²) in [7, 11) is 4.00. The maximum absolute atomic E-state index is 13.6. The molecule has 0 aliphatic carbocycles. The molecule has 0 bridgehead atoms. The van der Waals surface area contributed by atoms with Crippen LogP contribution in [0.4, 0.5) is 20.3 Å². The van der Waals surface area contributed by atoms with Crippen LogP contribution >= 0.6 is 0 Å². The number of benzene rings is 2. The van der Waals surface area contributed by atoms with Gasteiger partial charge in [-0.3, -0.25) is 0 Å². The maximum atomic E-state index is 13.6. The monoisotopic (exact) mass is 379 g/mol. The molecule has 7 heteroatoms. The average Bonchev–Trinajstić information content (AvgIpc) is 3.13. The van der Waals surface area contributed by atoms with E-state index < -0.39 is 11.6 Å². The van der Waals surface area contributed by atoms with Crippen LogP contribution in [0.15, 0.2) is 54.7 Å². The smallest absolute Gasteiger partial charge is 0.159 e. The van der Waals surface area contributed by atoms with Gasteiger partial charge in [0.2, 0.25) is 0 Å². The summed E-state index contributed by atoms with van der Waals surface area (Å²) >= 11 is 0. The first kappa shape index (κ1) is 17.9. The molecule has 0 atom stereocenters. The molecule has 0 spiro atoms. The quantitative estimate of drug-likeness (QED) is 0.533. The van der Waals surface area contributed by atoms with Gasteiger partial charge in [-0.15, -0.1) is 0 Å². The summed E-state index contributed by atoms with van der Waals surface area (Å²) in [6.45, 7) is 0.584. The largest absolute Gasteiger partial charge is 0.378 e. The van der Waals surface area contributed by atoms with Crippen LogP contribution in [0.5, 0.6) is 0 Å². The SMILES string of the molecule is CN(C)c1cccc(CNc2nccc3[nH]c(-c4ccc(F)c(F)c4)nc23)c1. The standard InChI is InChI=1S/C21H19F2N5/c1-28(2)15-5-3-4-13(10-15)12-25-21-19-18(8-9-24-21)26-20(27-19)14-6-7-16(22)17(23)11-14/h3-11H,12H2,1-2H3,(H,24,25)(H,26,27). The van der Waals surface area contributed by atoms with Gasteiger partial charge in [-0.25, -0.2) is 18.7 Å². The van der Waals surface area contributed by atoms with E-state index in [1.165, 1.54) is 6.07 Å². The topological polar surface area (TPSA) is 56.8 Å². The highest BCUT2D eigenvalue weighted by Gasteiger charge is 2.12. The number of anilines is 2. The Morgan fingerprint density at radius 3 is 2.68 bits per heavy atom. The third-order valence-electron chi connectivity index (χ3n) is 4.48. The molecule has 0 aliphatic rings. The number of nitrogens with one attached hydrogen (secondary N) is 2. The van der Waals surface area contributed by atoms with Gasteiger partial charge in [0.05, 0.1) is 5.52 Å². The van der Waals surface area contributed by atoms with Crippen molar-refractivity contribution < 1.29 is 8.78 Å². The highest BCUT2D eigenvalue weighted by Crippen LogP contribution is 2.25. The lowest BCUT2D eigenvalue weighted by Crippen LogP contribution is -2.09. The second kappa shape index (κ2) is 7.26. The van der Waals surface area contributed by atoms with E-state index in [0.717, 1.165) is 28.9 Å². The average molecular weight is 379 g/mol. The van der Waals surface area contributed by atoms with E-state index in [1.54, 1.807) is 12.3 Å². The number of nitrogens with zero attached hydrogens (tertiary/aromatic N) is 3. The molecule has 0 saturated carbocycles. The molecule has 0 unspecified atom stereocenters. The van der Waals surface area contributed by atoms with Crippen LogP contribution in [0.2, 0.25) is 0 Å². The molecule has 0 amide bonds. The summed E-state index contributed by atoms with van der Waals surface area (Å²) in [4.78, 5) is 14.1. The molecule has 4 rings (SSSR count). The number of imidazole rings is 1. The van der Waals surface area contributed by atoms with Gasteiger partial charge in [-0.05, 0) is 42.0 Å². The van der Waals surface area contributed by atoms with Crippen molar-refractivity contribution in [1.29, 1.82) is 0 Å². The number of aromatic nitrogens is 3. The summed E-state index contributed by atoms with van der Waals surface area (Å²) in [6, 6.07) is 13.7.